The van der Waals surface area contributed by atoms with Gasteiger partial charge in [0.25, 0.3) is 0 Å². The highest BCUT2D eigenvalue weighted by Crippen LogP contribution is 2.29. The second-order valence-corrected chi connectivity index (χ2v) is 6.05. The van der Waals surface area contributed by atoms with Crippen molar-refractivity contribution in [3.63, 3.8) is 0 Å². The lowest BCUT2D eigenvalue weighted by Crippen LogP contribution is -2.00. The van der Waals surface area contributed by atoms with Crippen LogP contribution >= 0.6 is 0 Å². The van der Waals surface area contributed by atoms with Crippen LogP contribution in [0.25, 0.3) is 22.3 Å². The van der Waals surface area contributed by atoms with E-state index >= 15 is 0 Å². The normalized spacial score (nSPS) is 10.9. The first kappa shape index (κ1) is 14.5. The van der Waals surface area contributed by atoms with Gasteiger partial charge < -0.3 is 0 Å². The van der Waals surface area contributed by atoms with Crippen LogP contribution in [-0.4, -0.2) is 4.98 Å². The number of hydrogen-bond acceptors (Lipinski definition) is 1. The highest BCUT2D eigenvalue weighted by molar-refractivity contribution is 5.73. The quantitative estimate of drug-likeness (QED) is 0.607. The molecule has 22 heavy (non-hydrogen) atoms. The van der Waals surface area contributed by atoms with E-state index in [1.807, 2.05) is 12.3 Å². The minimum absolute atomic E-state index is 0.595. The minimum Gasteiger partial charge on any atom is -0.260 e. The summed E-state index contributed by atoms with van der Waals surface area (Å²) >= 11 is 0. The SMILES string of the molecule is CC(C)Cc1ncc(-c2ccccc2)cc1-c1ccccc1. The molecular weight excluding hydrogens is 266 g/mol. The molecule has 0 bridgehead atoms. The summed E-state index contributed by atoms with van der Waals surface area (Å²) in [5.41, 5.74) is 6.05. The molecule has 1 nitrogen and oxygen atoms in total. The van der Waals surface area contributed by atoms with E-state index in [1.165, 1.54) is 27.9 Å². The second kappa shape index (κ2) is 6.57. The molecule has 0 unspecified atom stereocenters. The third-order valence-electron chi connectivity index (χ3n) is 3.76. The number of rotatable bonds is 4. The molecule has 0 amide bonds. The maximum atomic E-state index is 4.77. The van der Waals surface area contributed by atoms with Gasteiger partial charge in [-0.05, 0) is 29.5 Å². The summed E-state index contributed by atoms with van der Waals surface area (Å²) in [4.78, 5) is 4.77. The Morgan fingerprint density at radius 2 is 1.36 bits per heavy atom. The fourth-order valence-electron chi connectivity index (χ4n) is 2.70. The first-order valence-corrected chi connectivity index (χ1v) is 7.84. The minimum atomic E-state index is 0.595. The summed E-state index contributed by atoms with van der Waals surface area (Å²) in [6, 6.07) is 23.3. The summed E-state index contributed by atoms with van der Waals surface area (Å²) in [6.07, 6.45) is 3.00. The molecule has 1 heterocycles. The monoisotopic (exact) mass is 287 g/mol. The summed E-state index contributed by atoms with van der Waals surface area (Å²) in [6.45, 7) is 4.48. The molecule has 110 valence electrons. The van der Waals surface area contributed by atoms with Crippen molar-refractivity contribution < 1.29 is 0 Å². The molecule has 0 saturated heterocycles. The van der Waals surface area contributed by atoms with E-state index in [0.717, 1.165) is 6.42 Å². The number of benzene rings is 2. The summed E-state index contributed by atoms with van der Waals surface area (Å²) in [5.74, 6) is 0.595. The summed E-state index contributed by atoms with van der Waals surface area (Å²) in [5, 5.41) is 0. The van der Waals surface area contributed by atoms with Crippen LogP contribution in [0.3, 0.4) is 0 Å². The second-order valence-electron chi connectivity index (χ2n) is 6.05. The van der Waals surface area contributed by atoms with Gasteiger partial charge in [0.05, 0.1) is 0 Å². The largest absolute Gasteiger partial charge is 0.260 e. The molecule has 0 aliphatic rings. The van der Waals surface area contributed by atoms with Gasteiger partial charge in [-0.2, -0.15) is 0 Å². The average molecular weight is 287 g/mol. The van der Waals surface area contributed by atoms with Crippen molar-refractivity contribution in [3.8, 4) is 22.3 Å². The molecule has 0 fully saturated rings. The number of pyridine rings is 1. The molecule has 1 heteroatoms. The van der Waals surface area contributed by atoms with Gasteiger partial charge in [-0.1, -0.05) is 74.5 Å². The van der Waals surface area contributed by atoms with Gasteiger partial charge in [0.15, 0.2) is 0 Å². The van der Waals surface area contributed by atoms with E-state index in [0.29, 0.717) is 5.92 Å². The van der Waals surface area contributed by atoms with Crippen LogP contribution in [0.1, 0.15) is 19.5 Å². The molecule has 3 aromatic rings. The van der Waals surface area contributed by atoms with Crippen molar-refractivity contribution in [1.82, 2.24) is 4.98 Å². The Balaban J connectivity index is 2.10. The standard InChI is InChI=1S/C21H21N/c1-16(2)13-21-20(18-11-7-4-8-12-18)14-19(15-22-21)17-9-5-3-6-10-17/h3-12,14-16H,13H2,1-2H3. The highest BCUT2D eigenvalue weighted by Gasteiger charge is 2.10. The van der Waals surface area contributed by atoms with Crippen LogP contribution in [0.4, 0.5) is 0 Å². The molecule has 0 spiro atoms. The van der Waals surface area contributed by atoms with Gasteiger partial charge >= 0.3 is 0 Å². The Labute approximate surface area is 132 Å². The third kappa shape index (κ3) is 3.25. The number of nitrogens with zero attached hydrogens (tertiary/aromatic N) is 1. The van der Waals surface area contributed by atoms with Crippen LogP contribution in [-0.2, 0) is 6.42 Å². The topological polar surface area (TPSA) is 12.9 Å². The predicted octanol–water partition coefficient (Wildman–Crippen LogP) is 5.61. The zero-order valence-electron chi connectivity index (χ0n) is 13.2. The first-order chi connectivity index (χ1) is 10.7. The van der Waals surface area contributed by atoms with Crippen molar-refractivity contribution in [1.29, 1.82) is 0 Å². The van der Waals surface area contributed by atoms with E-state index < -0.39 is 0 Å². The number of hydrogen-bond donors (Lipinski definition) is 0. The van der Waals surface area contributed by atoms with Crippen LogP contribution in [0.2, 0.25) is 0 Å². The zero-order valence-corrected chi connectivity index (χ0v) is 13.2. The lowest BCUT2D eigenvalue weighted by molar-refractivity contribution is 0.636. The lowest BCUT2D eigenvalue weighted by atomic mass is 9.95. The van der Waals surface area contributed by atoms with Crippen LogP contribution < -0.4 is 0 Å². The van der Waals surface area contributed by atoms with Crippen LogP contribution in [0, 0.1) is 5.92 Å². The smallest absolute Gasteiger partial charge is 0.0484 e. The molecule has 0 saturated carbocycles. The van der Waals surface area contributed by atoms with Crippen molar-refractivity contribution in [2.45, 2.75) is 20.3 Å². The van der Waals surface area contributed by atoms with Crippen molar-refractivity contribution >= 4 is 0 Å². The van der Waals surface area contributed by atoms with Gasteiger partial charge in [-0.25, -0.2) is 0 Å². The molecule has 0 aliphatic heterocycles. The molecular formula is C21H21N. The maximum Gasteiger partial charge on any atom is 0.0484 e. The third-order valence-corrected chi connectivity index (χ3v) is 3.76. The van der Waals surface area contributed by atoms with Crippen LogP contribution in [0.5, 0.6) is 0 Å². The van der Waals surface area contributed by atoms with E-state index in [9.17, 15) is 0 Å². The van der Waals surface area contributed by atoms with Gasteiger partial charge in [0.2, 0.25) is 0 Å². The van der Waals surface area contributed by atoms with Crippen LogP contribution in [0.15, 0.2) is 72.9 Å². The van der Waals surface area contributed by atoms with Gasteiger partial charge in [-0.15, -0.1) is 0 Å². The van der Waals surface area contributed by atoms with E-state index in [1.54, 1.807) is 0 Å². The zero-order chi connectivity index (χ0) is 15.4. The van der Waals surface area contributed by atoms with Crippen molar-refractivity contribution in [2.75, 3.05) is 0 Å². The summed E-state index contributed by atoms with van der Waals surface area (Å²) < 4.78 is 0. The summed E-state index contributed by atoms with van der Waals surface area (Å²) in [7, 11) is 0. The Morgan fingerprint density at radius 3 is 1.95 bits per heavy atom. The number of aromatic nitrogens is 1. The molecule has 0 radical (unpaired) electrons. The predicted molar refractivity (Wildman–Crippen MR) is 93.7 cm³/mol. The molecule has 0 atom stereocenters. The fraction of sp³-hybridized carbons (Fsp3) is 0.190. The highest BCUT2D eigenvalue weighted by atomic mass is 14.7. The molecule has 2 aromatic carbocycles. The van der Waals surface area contributed by atoms with E-state index in [2.05, 4.69) is 74.5 Å². The Bertz CT molecular complexity index is 730. The van der Waals surface area contributed by atoms with Gasteiger partial charge in [0.1, 0.15) is 0 Å². The first-order valence-electron chi connectivity index (χ1n) is 7.84. The van der Waals surface area contributed by atoms with E-state index in [-0.39, 0.29) is 0 Å². The van der Waals surface area contributed by atoms with Gasteiger partial charge in [-0.3, -0.25) is 4.98 Å². The fourth-order valence-corrected chi connectivity index (χ4v) is 2.70. The molecule has 1 aromatic heterocycles. The Hall–Kier alpha value is -2.41. The Kier molecular flexibility index (Phi) is 4.34. The van der Waals surface area contributed by atoms with Crippen molar-refractivity contribution in [2.24, 2.45) is 5.92 Å². The molecule has 0 aliphatic carbocycles. The van der Waals surface area contributed by atoms with Crippen molar-refractivity contribution in [3.05, 3.63) is 78.6 Å². The molecule has 3 rings (SSSR count). The lowest BCUT2D eigenvalue weighted by Gasteiger charge is -2.13. The van der Waals surface area contributed by atoms with E-state index in [4.69, 9.17) is 4.98 Å². The average Bonchev–Trinajstić information content (AvgIpc) is 2.56. The van der Waals surface area contributed by atoms with Gasteiger partial charge in [0, 0.05) is 23.0 Å². The maximum absolute atomic E-state index is 4.77. The molecule has 0 N–H and O–H groups in total. The Morgan fingerprint density at radius 1 is 0.773 bits per heavy atom.